The van der Waals surface area contributed by atoms with Gasteiger partial charge in [0, 0.05) is 25.7 Å². The third-order valence-electron chi connectivity index (χ3n) is 6.20. The van der Waals surface area contributed by atoms with Crippen LogP contribution in [0.25, 0.3) is 0 Å². The zero-order valence-corrected chi connectivity index (χ0v) is 20.3. The van der Waals surface area contributed by atoms with Crippen molar-refractivity contribution in [2.45, 2.75) is 50.5 Å². The van der Waals surface area contributed by atoms with Gasteiger partial charge in [-0.25, -0.2) is 8.42 Å². The molecule has 2 fully saturated rings. The van der Waals surface area contributed by atoms with Crippen molar-refractivity contribution in [3.63, 3.8) is 0 Å². The Labute approximate surface area is 190 Å². The van der Waals surface area contributed by atoms with E-state index >= 15 is 0 Å². The summed E-state index contributed by atoms with van der Waals surface area (Å²) in [6, 6.07) is 4.73. The number of hydrogen-bond donors (Lipinski definition) is 2. The largest absolute Gasteiger partial charge is 0.497 e. The highest BCUT2D eigenvalue weighted by Crippen LogP contribution is 2.33. The topological polar surface area (TPSA) is 112 Å². The molecule has 0 bridgehead atoms. The number of sulfonamides is 1. The lowest BCUT2D eigenvalue weighted by Crippen LogP contribution is -2.46. The van der Waals surface area contributed by atoms with Crippen molar-refractivity contribution in [3.05, 3.63) is 18.2 Å². The number of hydrogen-bond acceptors (Lipinski definition) is 6. The maximum absolute atomic E-state index is 13.3. The van der Waals surface area contributed by atoms with Gasteiger partial charge in [0.15, 0.2) is 5.96 Å². The number of carbonyl (C=O) groups excluding carboxylic acids is 1. The molecule has 0 aromatic heterocycles. The molecule has 3 rings (SSSR count). The first-order chi connectivity index (χ1) is 15.0. The maximum Gasteiger partial charge on any atom is 0.254 e. The Morgan fingerprint density at radius 3 is 2.44 bits per heavy atom. The molecule has 0 saturated carbocycles. The number of piperidine rings is 1. The Morgan fingerprint density at radius 2 is 1.88 bits per heavy atom. The van der Waals surface area contributed by atoms with E-state index in [2.05, 4.69) is 19.2 Å². The maximum atomic E-state index is 13.3. The van der Waals surface area contributed by atoms with E-state index in [0.717, 1.165) is 0 Å². The van der Waals surface area contributed by atoms with Crippen LogP contribution in [0, 0.1) is 17.2 Å². The molecule has 2 aliphatic rings. The Hall–Kier alpha value is -2.33. The van der Waals surface area contributed by atoms with Crippen LogP contribution in [0.15, 0.2) is 23.1 Å². The molecule has 178 valence electrons. The van der Waals surface area contributed by atoms with Crippen LogP contribution in [0.5, 0.6) is 11.5 Å². The van der Waals surface area contributed by atoms with E-state index in [1.807, 2.05) is 6.92 Å². The SMILES string of the molecule is COc1ccc(OC)c(S(=O)(=O)N2CCC(CN3C(=N)NC(C)(CC(C)C)C3=O)CC2)c1. The lowest BCUT2D eigenvalue weighted by atomic mass is 9.90. The minimum Gasteiger partial charge on any atom is -0.497 e. The van der Waals surface area contributed by atoms with Crippen LogP contribution in [0.4, 0.5) is 0 Å². The average molecular weight is 467 g/mol. The average Bonchev–Trinajstić information content (AvgIpc) is 2.95. The molecule has 32 heavy (non-hydrogen) atoms. The van der Waals surface area contributed by atoms with Crippen molar-refractivity contribution >= 4 is 21.9 Å². The molecule has 2 saturated heterocycles. The molecule has 9 nitrogen and oxygen atoms in total. The Morgan fingerprint density at radius 1 is 1.22 bits per heavy atom. The number of ether oxygens (including phenoxy) is 2. The highest BCUT2D eigenvalue weighted by atomic mass is 32.2. The molecule has 2 N–H and O–H groups in total. The number of benzene rings is 1. The molecule has 2 heterocycles. The first-order valence-electron chi connectivity index (χ1n) is 10.9. The van der Waals surface area contributed by atoms with Crippen LogP contribution in [0.1, 0.15) is 40.0 Å². The molecule has 0 radical (unpaired) electrons. The Balaban J connectivity index is 1.67. The molecule has 0 aliphatic carbocycles. The summed E-state index contributed by atoms with van der Waals surface area (Å²) in [4.78, 5) is 14.6. The van der Waals surface area contributed by atoms with Gasteiger partial charge in [0.25, 0.3) is 5.91 Å². The van der Waals surface area contributed by atoms with E-state index in [4.69, 9.17) is 14.9 Å². The summed E-state index contributed by atoms with van der Waals surface area (Å²) in [5, 5.41) is 11.3. The first kappa shape index (κ1) is 24.3. The molecule has 10 heteroatoms. The van der Waals surface area contributed by atoms with E-state index in [0.29, 0.717) is 50.6 Å². The second kappa shape index (κ2) is 9.27. The smallest absolute Gasteiger partial charge is 0.254 e. The van der Waals surface area contributed by atoms with E-state index in [-0.39, 0.29) is 28.4 Å². The van der Waals surface area contributed by atoms with Gasteiger partial charge in [0.2, 0.25) is 10.0 Å². The number of carbonyl (C=O) groups is 1. The van der Waals surface area contributed by atoms with Gasteiger partial charge in [0.05, 0.1) is 14.2 Å². The molecule has 1 amide bonds. The van der Waals surface area contributed by atoms with Crippen molar-refractivity contribution in [1.82, 2.24) is 14.5 Å². The number of rotatable bonds is 8. The normalized spacial score (nSPS) is 23.0. The number of guanidine groups is 1. The van der Waals surface area contributed by atoms with Crippen molar-refractivity contribution < 1.29 is 22.7 Å². The minimum atomic E-state index is -3.75. The van der Waals surface area contributed by atoms with Crippen molar-refractivity contribution in [1.29, 1.82) is 5.41 Å². The van der Waals surface area contributed by atoms with Gasteiger partial charge >= 0.3 is 0 Å². The highest BCUT2D eigenvalue weighted by molar-refractivity contribution is 7.89. The van der Waals surface area contributed by atoms with Gasteiger partial charge < -0.3 is 14.8 Å². The summed E-state index contributed by atoms with van der Waals surface area (Å²) in [5.41, 5.74) is -0.752. The fraction of sp³-hybridized carbons (Fsp3) is 0.636. The quantitative estimate of drug-likeness (QED) is 0.608. The number of nitrogens with one attached hydrogen (secondary N) is 2. The summed E-state index contributed by atoms with van der Waals surface area (Å²) in [7, 11) is -0.820. The zero-order valence-electron chi connectivity index (χ0n) is 19.5. The lowest BCUT2D eigenvalue weighted by Gasteiger charge is -2.33. The fourth-order valence-corrected chi connectivity index (χ4v) is 6.27. The van der Waals surface area contributed by atoms with Gasteiger partial charge in [-0.2, -0.15) is 4.31 Å². The number of amides is 1. The summed E-state index contributed by atoms with van der Waals surface area (Å²) in [5.74, 6) is 1.23. The first-order valence-corrected chi connectivity index (χ1v) is 12.4. The van der Waals surface area contributed by atoms with Crippen LogP contribution in [0.2, 0.25) is 0 Å². The third kappa shape index (κ3) is 4.71. The van der Waals surface area contributed by atoms with Gasteiger partial charge in [-0.1, -0.05) is 13.8 Å². The van der Waals surface area contributed by atoms with Crippen LogP contribution in [0.3, 0.4) is 0 Å². The van der Waals surface area contributed by atoms with Crippen LogP contribution in [-0.2, 0) is 14.8 Å². The fourth-order valence-electron chi connectivity index (χ4n) is 4.63. The summed E-state index contributed by atoms with van der Waals surface area (Å²) in [6.45, 7) is 7.08. The summed E-state index contributed by atoms with van der Waals surface area (Å²) < 4.78 is 38.4. The Bertz CT molecular complexity index is 973. The van der Waals surface area contributed by atoms with Crippen LogP contribution in [-0.4, -0.2) is 68.9 Å². The third-order valence-corrected chi connectivity index (χ3v) is 8.12. The van der Waals surface area contributed by atoms with Crippen molar-refractivity contribution in [2.24, 2.45) is 11.8 Å². The van der Waals surface area contributed by atoms with E-state index < -0.39 is 15.6 Å². The number of nitrogens with zero attached hydrogens (tertiary/aromatic N) is 2. The van der Waals surface area contributed by atoms with Crippen LogP contribution < -0.4 is 14.8 Å². The Kier molecular flexibility index (Phi) is 7.04. The van der Waals surface area contributed by atoms with E-state index in [9.17, 15) is 13.2 Å². The van der Waals surface area contributed by atoms with Crippen LogP contribution >= 0.6 is 0 Å². The van der Waals surface area contributed by atoms with Crippen molar-refractivity contribution in [2.75, 3.05) is 33.9 Å². The second-order valence-corrected chi connectivity index (χ2v) is 11.1. The van der Waals surface area contributed by atoms with Crippen molar-refractivity contribution in [3.8, 4) is 11.5 Å². The molecular weight excluding hydrogens is 432 g/mol. The predicted molar refractivity (Wildman–Crippen MR) is 121 cm³/mol. The molecule has 1 aromatic rings. The van der Waals surface area contributed by atoms with E-state index in [1.54, 1.807) is 12.1 Å². The van der Waals surface area contributed by atoms with Gasteiger partial charge in [-0.05, 0) is 50.2 Å². The predicted octanol–water partition coefficient (Wildman–Crippen LogP) is 2.28. The lowest BCUT2D eigenvalue weighted by molar-refractivity contribution is -0.131. The van der Waals surface area contributed by atoms with E-state index in [1.165, 1.54) is 29.5 Å². The van der Waals surface area contributed by atoms with Gasteiger partial charge in [0.1, 0.15) is 21.9 Å². The standard InChI is InChI=1S/C22H34N4O5S/c1-15(2)13-22(3)20(27)26(21(23)24-22)14-16-8-10-25(11-9-16)32(28,29)19-12-17(30-4)6-7-18(19)31-5/h6-7,12,15-16H,8-11,13-14H2,1-5H3,(H2,23,24). The summed E-state index contributed by atoms with van der Waals surface area (Å²) in [6.07, 6.45) is 1.89. The molecule has 1 atom stereocenters. The zero-order chi connectivity index (χ0) is 23.7. The molecule has 0 spiro atoms. The highest BCUT2D eigenvalue weighted by Gasteiger charge is 2.46. The number of methoxy groups -OCH3 is 2. The van der Waals surface area contributed by atoms with Gasteiger partial charge in [-0.3, -0.25) is 15.1 Å². The molecular formula is C22H34N4O5S. The van der Waals surface area contributed by atoms with Gasteiger partial charge in [-0.15, -0.1) is 0 Å². The monoisotopic (exact) mass is 466 g/mol. The molecule has 1 aromatic carbocycles. The second-order valence-electron chi connectivity index (χ2n) is 9.18. The molecule has 1 unspecified atom stereocenters. The summed E-state index contributed by atoms with van der Waals surface area (Å²) >= 11 is 0. The minimum absolute atomic E-state index is 0.0765. The molecule has 2 aliphatic heterocycles.